The van der Waals surface area contributed by atoms with Gasteiger partial charge in [0.1, 0.15) is 0 Å². The molecule has 1 unspecified atom stereocenters. The fourth-order valence-electron chi connectivity index (χ4n) is 6.56. The van der Waals surface area contributed by atoms with Gasteiger partial charge in [-0.2, -0.15) is 0 Å². The van der Waals surface area contributed by atoms with Crippen molar-refractivity contribution in [2.75, 3.05) is 5.32 Å². The molecule has 0 saturated heterocycles. The minimum absolute atomic E-state index is 0.0229. The van der Waals surface area contributed by atoms with E-state index in [1.807, 2.05) is 0 Å². The minimum Gasteiger partial charge on any atom is -0.355 e. The molecule has 0 aliphatic heterocycles. The monoisotopic (exact) mass is 473 g/mol. The van der Waals surface area contributed by atoms with Crippen molar-refractivity contribution in [2.24, 2.45) is 0 Å². The Hall–Kier alpha value is -4.04. The summed E-state index contributed by atoms with van der Waals surface area (Å²) in [7, 11) is 6.89. The fraction of sp³-hybridized carbons (Fsp3) is 0.143. The molecule has 0 aromatic heterocycles. The van der Waals surface area contributed by atoms with E-state index >= 15 is 0 Å². The van der Waals surface area contributed by atoms with Crippen molar-refractivity contribution < 1.29 is 0 Å². The minimum atomic E-state index is -0.515. The van der Waals surface area contributed by atoms with Crippen molar-refractivity contribution in [3.63, 3.8) is 0 Å². The van der Waals surface area contributed by atoms with Crippen LogP contribution in [0.1, 0.15) is 43.0 Å². The van der Waals surface area contributed by atoms with Crippen molar-refractivity contribution in [1.82, 2.24) is 0 Å². The number of para-hydroxylation sites is 1. The maximum Gasteiger partial charge on any atom is 0.0871 e. The quantitative estimate of drug-likeness (QED) is 0.258. The van der Waals surface area contributed by atoms with E-state index in [0.29, 0.717) is 0 Å². The van der Waals surface area contributed by atoms with Crippen molar-refractivity contribution in [2.45, 2.75) is 31.5 Å². The Labute approximate surface area is 220 Å². The molecule has 2 heteroatoms. The van der Waals surface area contributed by atoms with Gasteiger partial charge in [0, 0.05) is 22.4 Å². The van der Waals surface area contributed by atoms with Gasteiger partial charge in [-0.05, 0) is 73.6 Å². The lowest BCUT2D eigenvalue weighted by Crippen LogP contribution is -2.20. The Bertz CT molecular complexity index is 1710. The summed E-state index contributed by atoms with van der Waals surface area (Å²) >= 11 is 0. The van der Waals surface area contributed by atoms with Crippen LogP contribution >= 0.6 is 0 Å². The largest absolute Gasteiger partial charge is 0.355 e. The number of fused-ring (bicyclic) bond motifs is 6. The van der Waals surface area contributed by atoms with Gasteiger partial charge >= 0.3 is 0 Å². The van der Waals surface area contributed by atoms with Crippen LogP contribution in [0.3, 0.4) is 0 Å². The lowest BCUT2D eigenvalue weighted by atomic mass is 9.64. The van der Waals surface area contributed by atoms with Gasteiger partial charge in [-0.15, -0.1) is 0 Å². The highest BCUT2D eigenvalue weighted by atomic mass is 14.9. The maximum atomic E-state index is 6.89. The second-order valence-electron chi connectivity index (χ2n) is 11.1. The summed E-state index contributed by atoms with van der Waals surface area (Å²) in [5.74, 6) is 0. The van der Waals surface area contributed by atoms with Gasteiger partial charge in [0.25, 0.3) is 0 Å². The zero-order valence-corrected chi connectivity index (χ0v) is 21.5. The number of benzene rings is 5. The summed E-state index contributed by atoms with van der Waals surface area (Å²) in [5.41, 5.74) is 14.8. The third kappa shape index (κ3) is 3.12. The highest BCUT2D eigenvalue weighted by molar-refractivity contribution is 6.21. The molecular weight excluding hydrogens is 445 g/mol. The molecule has 176 valence electrons. The topological polar surface area (TPSA) is 12.0 Å². The molecule has 0 spiro atoms. The van der Waals surface area contributed by atoms with Crippen LogP contribution in [0.15, 0.2) is 109 Å². The standard InChI is InChI=1S/C35H28BN/c1-34(2)28-15-7-5-13-27(28)33-26(14-10-17-30(33)34)25-12-6-9-18-32(25)37-22-19-20-24-23-11-4-8-16-29(23)35(3,36)31(24)21-22/h4-21,37H,1-3H3. The van der Waals surface area contributed by atoms with E-state index in [1.54, 1.807) is 0 Å². The molecule has 2 aliphatic rings. The third-order valence-electron chi connectivity index (χ3n) is 8.46. The van der Waals surface area contributed by atoms with E-state index in [1.165, 1.54) is 50.1 Å². The van der Waals surface area contributed by atoms with Gasteiger partial charge in [-0.25, -0.2) is 0 Å². The number of nitrogens with one attached hydrogen (secondary N) is 1. The average molecular weight is 473 g/mol. The number of rotatable bonds is 3. The summed E-state index contributed by atoms with van der Waals surface area (Å²) in [6.45, 7) is 6.78. The van der Waals surface area contributed by atoms with Gasteiger partial charge < -0.3 is 5.32 Å². The number of anilines is 2. The molecule has 1 N–H and O–H groups in total. The highest BCUT2D eigenvalue weighted by Crippen LogP contribution is 2.53. The summed E-state index contributed by atoms with van der Waals surface area (Å²) in [5, 5.41) is 3.23. The van der Waals surface area contributed by atoms with Gasteiger partial charge in [-0.3, -0.25) is 0 Å². The lowest BCUT2D eigenvalue weighted by molar-refractivity contribution is 0.660. The Morgan fingerprint density at radius 1 is 0.514 bits per heavy atom. The van der Waals surface area contributed by atoms with Crippen LogP contribution in [0, 0.1) is 0 Å². The molecular formula is C35H28BN. The molecule has 37 heavy (non-hydrogen) atoms. The maximum absolute atomic E-state index is 6.89. The smallest absolute Gasteiger partial charge is 0.0871 e. The third-order valence-corrected chi connectivity index (χ3v) is 8.46. The van der Waals surface area contributed by atoms with Crippen molar-refractivity contribution in [1.29, 1.82) is 0 Å². The van der Waals surface area contributed by atoms with Crippen molar-refractivity contribution in [3.05, 3.63) is 131 Å². The summed E-state index contributed by atoms with van der Waals surface area (Å²) in [6, 6.07) is 39.3. The van der Waals surface area contributed by atoms with Gasteiger partial charge in [-0.1, -0.05) is 112 Å². The van der Waals surface area contributed by atoms with Gasteiger partial charge in [0.15, 0.2) is 0 Å². The predicted octanol–water partition coefficient (Wildman–Crippen LogP) is 8.82. The van der Waals surface area contributed by atoms with Crippen LogP contribution in [0.2, 0.25) is 0 Å². The Balaban J connectivity index is 1.34. The Kier molecular flexibility index (Phi) is 4.64. The second kappa shape index (κ2) is 7.73. The zero-order chi connectivity index (χ0) is 25.4. The lowest BCUT2D eigenvalue weighted by Gasteiger charge is -2.23. The molecule has 1 nitrogen and oxygen atoms in total. The first-order chi connectivity index (χ1) is 17.9. The SMILES string of the molecule is [B]C1(C)c2ccccc2-c2ccc(Nc3ccccc3-c3cccc4c3-c3ccccc3C4(C)C)cc21. The molecule has 0 heterocycles. The Morgan fingerprint density at radius 2 is 1.11 bits per heavy atom. The van der Waals surface area contributed by atoms with Crippen LogP contribution in [0.5, 0.6) is 0 Å². The van der Waals surface area contributed by atoms with Crippen molar-refractivity contribution >= 4 is 19.2 Å². The first-order valence-electron chi connectivity index (χ1n) is 13.0. The molecule has 5 aromatic carbocycles. The predicted molar refractivity (Wildman–Crippen MR) is 157 cm³/mol. The summed E-state index contributed by atoms with van der Waals surface area (Å²) in [6.07, 6.45) is 0. The van der Waals surface area contributed by atoms with Gasteiger partial charge in [0.05, 0.1) is 7.85 Å². The molecule has 2 aliphatic carbocycles. The first-order valence-corrected chi connectivity index (χ1v) is 13.0. The zero-order valence-electron chi connectivity index (χ0n) is 21.5. The van der Waals surface area contributed by atoms with Crippen LogP contribution < -0.4 is 5.32 Å². The molecule has 0 amide bonds. The van der Waals surface area contributed by atoms with Crippen LogP contribution in [0.4, 0.5) is 11.4 Å². The normalized spacial score (nSPS) is 18.0. The first kappa shape index (κ1) is 22.2. The van der Waals surface area contributed by atoms with Gasteiger partial charge in [0.2, 0.25) is 0 Å². The van der Waals surface area contributed by atoms with E-state index in [9.17, 15) is 0 Å². The van der Waals surface area contributed by atoms with E-state index in [0.717, 1.165) is 16.9 Å². The van der Waals surface area contributed by atoms with E-state index in [4.69, 9.17) is 7.85 Å². The molecule has 0 fully saturated rings. The summed E-state index contributed by atoms with van der Waals surface area (Å²) < 4.78 is 0. The number of hydrogen-bond donors (Lipinski definition) is 1. The van der Waals surface area contributed by atoms with Crippen LogP contribution in [-0.4, -0.2) is 7.85 Å². The second-order valence-corrected chi connectivity index (χ2v) is 11.1. The average Bonchev–Trinajstić information content (AvgIpc) is 3.29. The Morgan fingerprint density at radius 3 is 1.92 bits per heavy atom. The number of hydrogen-bond acceptors (Lipinski definition) is 1. The fourth-order valence-corrected chi connectivity index (χ4v) is 6.56. The molecule has 5 aromatic rings. The van der Waals surface area contributed by atoms with E-state index < -0.39 is 5.31 Å². The molecule has 0 bridgehead atoms. The highest BCUT2D eigenvalue weighted by Gasteiger charge is 2.37. The van der Waals surface area contributed by atoms with Crippen LogP contribution in [0.25, 0.3) is 33.4 Å². The molecule has 7 rings (SSSR count). The van der Waals surface area contributed by atoms with Crippen molar-refractivity contribution in [3.8, 4) is 33.4 Å². The molecule has 1 atom stereocenters. The summed E-state index contributed by atoms with van der Waals surface area (Å²) in [4.78, 5) is 0. The molecule has 2 radical (unpaired) electrons. The van der Waals surface area contributed by atoms with Crippen LogP contribution in [-0.2, 0) is 10.7 Å². The van der Waals surface area contributed by atoms with E-state index in [2.05, 4.69) is 135 Å². The van der Waals surface area contributed by atoms with E-state index in [-0.39, 0.29) is 5.41 Å². The molecule has 0 saturated carbocycles.